The zero-order chi connectivity index (χ0) is 13.8. The number of hydrogen-bond donors (Lipinski definition) is 1. The average Bonchev–Trinajstić information content (AvgIpc) is 2.95. The standard InChI is InChI=1S/C17H18ClNO/c18-12-14-2-1-3-16(11-14)19-8-6-13-4-5-17-15(10-13)7-9-20-17/h1-5,10-11,19H,6-9,12H2. The van der Waals surface area contributed by atoms with Crippen molar-refractivity contribution in [3.8, 4) is 5.75 Å². The normalized spacial score (nSPS) is 12.8. The molecule has 0 saturated heterocycles. The van der Waals surface area contributed by atoms with Crippen molar-refractivity contribution in [2.45, 2.75) is 18.7 Å². The van der Waals surface area contributed by atoms with Gasteiger partial charge in [-0.3, -0.25) is 0 Å². The smallest absolute Gasteiger partial charge is 0.122 e. The Morgan fingerprint density at radius 3 is 2.95 bits per heavy atom. The Hall–Kier alpha value is -1.67. The predicted molar refractivity (Wildman–Crippen MR) is 83.8 cm³/mol. The molecule has 1 N–H and O–H groups in total. The van der Waals surface area contributed by atoms with Crippen LogP contribution in [0, 0.1) is 0 Å². The molecule has 2 aromatic carbocycles. The number of alkyl halides is 1. The van der Waals surface area contributed by atoms with Crippen LogP contribution in [0.15, 0.2) is 42.5 Å². The number of hydrogen-bond acceptors (Lipinski definition) is 2. The maximum absolute atomic E-state index is 5.84. The third-order valence-corrected chi connectivity index (χ3v) is 3.89. The second kappa shape index (κ2) is 6.19. The van der Waals surface area contributed by atoms with Gasteiger partial charge in [0.15, 0.2) is 0 Å². The second-order valence-electron chi connectivity index (χ2n) is 5.05. The molecular formula is C17H18ClNO. The zero-order valence-electron chi connectivity index (χ0n) is 11.4. The van der Waals surface area contributed by atoms with E-state index in [1.807, 2.05) is 12.1 Å². The van der Waals surface area contributed by atoms with Gasteiger partial charge in [0.05, 0.1) is 6.61 Å². The van der Waals surface area contributed by atoms with E-state index in [9.17, 15) is 0 Å². The van der Waals surface area contributed by atoms with Crippen molar-refractivity contribution in [1.82, 2.24) is 0 Å². The molecule has 1 aliphatic rings. The van der Waals surface area contributed by atoms with E-state index in [1.54, 1.807) is 0 Å². The molecule has 1 aliphatic heterocycles. The summed E-state index contributed by atoms with van der Waals surface area (Å²) < 4.78 is 5.52. The Morgan fingerprint density at radius 1 is 1.10 bits per heavy atom. The van der Waals surface area contributed by atoms with Crippen LogP contribution < -0.4 is 10.1 Å². The first-order chi connectivity index (χ1) is 9.85. The summed E-state index contributed by atoms with van der Waals surface area (Å²) in [6.07, 6.45) is 2.05. The quantitative estimate of drug-likeness (QED) is 0.839. The number of rotatable bonds is 5. The van der Waals surface area contributed by atoms with Crippen LogP contribution in [-0.2, 0) is 18.7 Å². The minimum atomic E-state index is 0.556. The maximum atomic E-state index is 5.84. The molecule has 3 rings (SSSR count). The molecule has 0 unspecified atom stereocenters. The highest BCUT2D eigenvalue weighted by Gasteiger charge is 2.11. The number of fused-ring (bicyclic) bond motifs is 1. The molecule has 1 heterocycles. The van der Waals surface area contributed by atoms with E-state index < -0.39 is 0 Å². The average molecular weight is 288 g/mol. The van der Waals surface area contributed by atoms with E-state index in [-0.39, 0.29) is 0 Å². The van der Waals surface area contributed by atoms with Crippen molar-refractivity contribution < 1.29 is 4.74 Å². The molecule has 0 fully saturated rings. The number of nitrogens with one attached hydrogen (secondary N) is 1. The van der Waals surface area contributed by atoms with Gasteiger partial charge in [-0.2, -0.15) is 0 Å². The van der Waals surface area contributed by atoms with Crippen molar-refractivity contribution in [3.05, 3.63) is 59.2 Å². The first-order valence-electron chi connectivity index (χ1n) is 6.98. The molecule has 0 saturated carbocycles. The Kier molecular flexibility index (Phi) is 4.12. The van der Waals surface area contributed by atoms with Crippen LogP contribution in [0.25, 0.3) is 0 Å². The van der Waals surface area contributed by atoms with Crippen LogP contribution in [-0.4, -0.2) is 13.2 Å². The van der Waals surface area contributed by atoms with Crippen molar-refractivity contribution in [3.63, 3.8) is 0 Å². The summed E-state index contributed by atoms with van der Waals surface area (Å²) in [7, 11) is 0. The van der Waals surface area contributed by atoms with Gasteiger partial charge in [0.2, 0.25) is 0 Å². The topological polar surface area (TPSA) is 21.3 Å². The number of halogens is 1. The van der Waals surface area contributed by atoms with Gasteiger partial charge in [0, 0.05) is 24.5 Å². The van der Waals surface area contributed by atoms with E-state index in [4.69, 9.17) is 16.3 Å². The van der Waals surface area contributed by atoms with Crippen molar-refractivity contribution in [2.24, 2.45) is 0 Å². The fourth-order valence-corrected chi connectivity index (χ4v) is 2.68. The van der Waals surface area contributed by atoms with Crippen LogP contribution in [0.1, 0.15) is 16.7 Å². The highest BCUT2D eigenvalue weighted by Crippen LogP contribution is 2.26. The highest BCUT2D eigenvalue weighted by atomic mass is 35.5. The fourth-order valence-electron chi connectivity index (χ4n) is 2.51. The fraction of sp³-hybridized carbons (Fsp3) is 0.294. The molecule has 0 aromatic heterocycles. The summed E-state index contributed by atoms with van der Waals surface area (Å²) in [4.78, 5) is 0. The first kappa shape index (κ1) is 13.3. The Morgan fingerprint density at radius 2 is 2.05 bits per heavy atom. The van der Waals surface area contributed by atoms with Gasteiger partial charge in [0.1, 0.15) is 5.75 Å². The Labute approximate surface area is 124 Å². The minimum Gasteiger partial charge on any atom is -0.493 e. The molecule has 3 heteroatoms. The van der Waals surface area contributed by atoms with Gasteiger partial charge >= 0.3 is 0 Å². The summed E-state index contributed by atoms with van der Waals surface area (Å²) in [6.45, 7) is 1.74. The number of anilines is 1. The maximum Gasteiger partial charge on any atom is 0.122 e. The minimum absolute atomic E-state index is 0.556. The molecule has 20 heavy (non-hydrogen) atoms. The number of ether oxygens (including phenoxy) is 1. The molecule has 0 aliphatic carbocycles. The molecule has 0 spiro atoms. The van der Waals surface area contributed by atoms with E-state index in [2.05, 4.69) is 35.6 Å². The van der Waals surface area contributed by atoms with E-state index in [0.717, 1.165) is 43.0 Å². The monoisotopic (exact) mass is 287 g/mol. The van der Waals surface area contributed by atoms with Gasteiger partial charge < -0.3 is 10.1 Å². The van der Waals surface area contributed by atoms with Gasteiger partial charge in [-0.05, 0) is 41.3 Å². The third kappa shape index (κ3) is 3.07. The molecular weight excluding hydrogens is 270 g/mol. The second-order valence-corrected chi connectivity index (χ2v) is 5.32. The van der Waals surface area contributed by atoms with Crippen LogP contribution >= 0.6 is 11.6 Å². The molecule has 0 bridgehead atoms. The molecule has 0 atom stereocenters. The van der Waals surface area contributed by atoms with E-state index in [0.29, 0.717) is 5.88 Å². The SMILES string of the molecule is ClCc1cccc(NCCc2ccc3c(c2)CCO3)c1. The van der Waals surface area contributed by atoms with E-state index >= 15 is 0 Å². The number of benzene rings is 2. The first-order valence-corrected chi connectivity index (χ1v) is 7.52. The lowest BCUT2D eigenvalue weighted by Gasteiger charge is -2.08. The summed E-state index contributed by atoms with van der Waals surface area (Å²) in [5, 5.41) is 3.45. The molecule has 0 radical (unpaired) electrons. The van der Waals surface area contributed by atoms with Gasteiger partial charge in [0.25, 0.3) is 0 Å². The largest absolute Gasteiger partial charge is 0.493 e. The van der Waals surface area contributed by atoms with Crippen molar-refractivity contribution >= 4 is 17.3 Å². The lowest BCUT2D eigenvalue weighted by molar-refractivity contribution is 0.357. The van der Waals surface area contributed by atoms with Crippen molar-refractivity contribution in [1.29, 1.82) is 0 Å². The molecule has 2 aromatic rings. The summed E-state index contributed by atoms with van der Waals surface area (Å²) in [5.74, 6) is 1.61. The van der Waals surface area contributed by atoms with Gasteiger partial charge in [-0.1, -0.05) is 24.3 Å². The third-order valence-electron chi connectivity index (χ3n) is 3.58. The predicted octanol–water partition coefficient (Wildman–Crippen LogP) is 4.01. The summed E-state index contributed by atoms with van der Waals surface area (Å²) in [5.41, 5.74) is 4.97. The van der Waals surface area contributed by atoms with Crippen molar-refractivity contribution in [2.75, 3.05) is 18.5 Å². The van der Waals surface area contributed by atoms with Crippen LogP contribution in [0.2, 0.25) is 0 Å². The van der Waals surface area contributed by atoms with Crippen LogP contribution in [0.5, 0.6) is 5.75 Å². The summed E-state index contributed by atoms with van der Waals surface area (Å²) >= 11 is 5.84. The summed E-state index contributed by atoms with van der Waals surface area (Å²) in [6, 6.07) is 14.8. The highest BCUT2D eigenvalue weighted by molar-refractivity contribution is 6.17. The lowest BCUT2D eigenvalue weighted by atomic mass is 10.1. The van der Waals surface area contributed by atoms with Gasteiger partial charge in [-0.15, -0.1) is 11.6 Å². The molecule has 2 nitrogen and oxygen atoms in total. The Bertz CT molecular complexity index is 597. The molecule has 0 amide bonds. The Balaban J connectivity index is 1.57. The lowest BCUT2D eigenvalue weighted by Crippen LogP contribution is -2.05. The van der Waals surface area contributed by atoms with Gasteiger partial charge in [-0.25, -0.2) is 0 Å². The van der Waals surface area contributed by atoms with Crippen LogP contribution in [0.4, 0.5) is 5.69 Å². The molecule has 104 valence electrons. The van der Waals surface area contributed by atoms with E-state index in [1.165, 1.54) is 11.1 Å². The zero-order valence-corrected chi connectivity index (χ0v) is 12.1. The van der Waals surface area contributed by atoms with Crippen LogP contribution in [0.3, 0.4) is 0 Å².